The smallest absolute Gasteiger partial charge is 3.00 e. The van der Waals surface area contributed by atoms with Crippen molar-refractivity contribution in [2.75, 3.05) is 0 Å². The molecule has 0 N–H and O–H groups in total. The Bertz CT molecular complexity index is 341. The molecule has 0 aromatic rings. The van der Waals surface area contributed by atoms with Gasteiger partial charge in [-0.2, -0.15) is 0 Å². The van der Waals surface area contributed by atoms with E-state index in [1.807, 2.05) is 0 Å². The molecule has 104 valence electrons. The molecule has 0 unspecified atom stereocenters. The molecule has 0 fully saturated rings. The maximum Gasteiger partial charge on any atom is 3.00 e. The molecule has 17 heteroatoms. The van der Waals surface area contributed by atoms with E-state index in [9.17, 15) is 0 Å². The van der Waals surface area contributed by atoms with Gasteiger partial charge in [-0.1, -0.05) is 0 Å². The van der Waals surface area contributed by atoms with E-state index in [4.69, 9.17) is 47.8 Å². The SMILES string of the molecule is [O]=[Cr](=[O])([O-])[O-].[O]=[Cr](=[O])([O-])[O-].[O]=[Cr](=[O])([O-])[O-].[Re+3].[Re+3]. The van der Waals surface area contributed by atoms with Crippen molar-refractivity contribution < 1.29 is 129 Å². The summed E-state index contributed by atoms with van der Waals surface area (Å²) >= 11 is -17.2. The molecule has 0 radical (unpaired) electrons. The van der Waals surface area contributed by atoms with Gasteiger partial charge in [-0.05, 0) is 0 Å². The van der Waals surface area contributed by atoms with Crippen molar-refractivity contribution in [2.45, 2.75) is 0 Å². The van der Waals surface area contributed by atoms with Gasteiger partial charge in [0.05, 0.1) is 0 Å². The molecule has 0 heterocycles. The van der Waals surface area contributed by atoms with E-state index in [2.05, 4.69) is 0 Å². The topological polar surface area (TPSA) is 241 Å². The Morgan fingerprint density at radius 2 is 0.412 bits per heavy atom. The molecule has 0 spiro atoms. The molecule has 0 atom stereocenters. The van der Waals surface area contributed by atoms with E-state index < -0.39 is 40.8 Å². The second kappa shape index (κ2) is 12.5. The van der Waals surface area contributed by atoms with Crippen LogP contribution in [0.3, 0.4) is 0 Å². The maximum absolute atomic E-state index is 8.59. The van der Waals surface area contributed by atoms with E-state index in [0.717, 1.165) is 0 Å². The first kappa shape index (κ1) is 31.1. The van der Waals surface area contributed by atoms with Gasteiger partial charge in [0.15, 0.2) is 0 Å². The second-order valence-corrected chi connectivity index (χ2v) is 5.05. The van der Waals surface area contributed by atoms with Gasteiger partial charge in [0, 0.05) is 0 Å². The minimum absolute atomic E-state index is 0. The summed E-state index contributed by atoms with van der Waals surface area (Å²) < 4.78 is 103. The molecule has 0 saturated carbocycles. The Hall–Kier alpha value is 1.48. The van der Waals surface area contributed by atoms with Crippen LogP contribution >= 0.6 is 0 Å². The molecule has 0 amide bonds. The fourth-order valence-corrected chi connectivity index (χ4v) is 0. The van der Waals surface area contributed by atoms with Gasteiger partial charge < -0.3 is 0 Å². The van der Waals surface area contributed by atoms with E-state index >= 15 is 0 Å². The third-order valence-corrected chi connectivity index (χ3v) is 0. The number of hydrogen-bond acceptors (Lipinski definition) is 12. The van der Waals surface area contributed by atoms with Crippen LogP contribution < -0.4 is 24.9 Å². The van der Waals surface area contributed by atoms with Crippen LogP contribution in [-0.2, 0) is 105 Å². The second-order valence-electron chi connectivity index (χ2n) is 1.22. The first-order chi connectivity index (χ1) is 6.00. The molecule has 0 aromatic heterocycles. The van der Waals surface area contributed by atoms with Crippen molar-refractivity contribution in [1.29, 1.82) is 0 Å². The monoisotopic (exact) mass is 722 g/mol. The Kier molecular flexibility index (Phi) is 22.9. The zero-order valence-electron chi connectivity index (χ0n) is 6.88. The molecular formula is Cr3O12Re2. The standard InChI is InChI=1S/3Cr.12O.2Re/q;;;;;;;;;6*-1;2*+3. The normalized spacial score (nSPS) is 10.2. The van der Waals surface area contributed by atoms with Gasteiger partial charge in [0.2, 0.25) is 0 Å². The first-order valence-corrected chi connectivity index (χ1v) is 8.25. The minimum atomic E-state index is -5.75. The van der Waals surface area contributed by atoms with Crippen molar-refractivity contribution in [2.24, 2.45) is 0 Å². The summed E-state index contributed by atoms with van der Waals surface area (Å²) in [6.07, 6.45) is 0. The van der Waals surface area contributed by atoms with Gasteiger partial charge in [0.1, 0.15) is 0 Å². The van der Waals surface area contributed by atoms with Crippen LogP contribution in [-0.4, -0.2) is 0 Å². The maximum atomic E-state index is 8.59. The van der Waals surface area contributed by atoms with Crippen molar-refractivity contribution in [1.82, 2.24) is 0 Å². The molecule has 12 nitrogen and oxygen atoms in total. The Morgan fingerprint density at radius 1 is 0.412 bits per heavy atom. The first-order valence-electron chi connectivity index (χ1n) is 2.00. The largest absolute Gasteiger partial charge is 3.00 e. The fourth-order valence-electron chi connectivity index (χ4n) is 0. The molecule has 17 heavy (non-hydrogen) atoms. The van der Waals surface area contributed by atoms with Gasteiger partial charge >= 0.3 is 129 Å². The van der Waals surface area contributed by atoms with E-state index in [-0.39, 0.29) is 40.8 Å². The third kappa shape index (κ3) is 1910. The average Bonchev–Trinajstić information content (AvgIpc) is 1.41. The van der Waals surface area contributed by atoms with E-state index in [0.29, 0.717) is 0 Å². The van der Waals surface area contributed by atoms with Crippen LogP contribution in [0.15, 0.2) is 0 Å². The minimum Gasteiger partial charge on any atom is 3.00 e. The summed E-state index contributed by atoms with van der Waals surface area (Å²) in [6, 6.07) is 0. The van der Waals surface area contributed by atoms with Crippen LogP contribution in [0.5, 0.6) is 0 Å². The molecule has 0 aromatic carbocycles. The van der Waals surface area contributed by atoms with Gasteiger partial charge in [0.25, 0.3) is 0 Å². The molecule has 0 aliphatic carbocycles. The predicted octanol–water partition coefficient (Wildman–Crippen LogP) is -7.86. The molecule has 0 bridgehead atoms. The van der Waals surface area contributed by atoms with Crippen LogP contribution in [0.2, 0.25) is 0 Å². The molecular weight excluding hydrogens is 720 g/mol. The summed E-state index contributed by atoms with van der Waals surface area (Å²) in [7, 11) is 0. The quantitative estimate of drug-likeness (QED) is 0.227. The summed E-state index contributed by atoms with van der Waals surface area (Å²) in [6.45, 7) is 0. The van der Waals surface area contributed by atoms with Crippen LogP contribution in [0.25, 0.3) is 0 Å². The predicted molar refractivity (Wildman–Crippen MR) is 4.12 cm³/mol. The van der Waals surface area contributed by atoms with Crippen molar-refractivity contribution >= 4 is 0 Å². The Morgan fingerprint density at radius 3 is 0.412 bits per heavy atom. The van der Waals surface area contributed by atoms with Crippen LogP contribution in [0.4, 0.5) is 0 Å². The van der Waals surface area contributed by atoms with Crippen molar-refractivity contribution in [3.63, 3.8) is 0 Å². The third-order valence-electron chi connectivity index (χ3n) is 0. The molecule has 0 aliphatic heterocycles. The fraction of sp³-hybridized carbons (Fsp3) is 0. The van der Waals surface area contributed by atoms with Gasteiger partial charge in [-0.3, -0.25) is 0 Å². The Labute approximate surface area is 128 Å². The number of rotatable bonds is 0. The van der Waals surface area contributed by atoms with E-state index in [1.54, 1.807) is 0 Å². The van der Waals surface area contributed by atoms with Crippen molar-refractivity contribution in [3.8, 4) is 0 Å². The van der Waals surface area contributed by atoms with E-state index in [1.165, 1.54) is 0 Å². The summed E-state index contributed by atoms with van der Waals surface area (Å²) in [5, 5.41) is 0. The molecule has 0 rings (SSSR count). The zero-order chi connectivity index (χ0) is 13.5. The Balaban J connectivity index is -0.0000000400. The average molecular weight is 720 g/mol. The van der Waals surface area contributed by atoms with Gasteiger partial charge in [-0.25, -0.2) is 0 Å². The van der Waals surface area contributed by atoms with Gasteiger partial charge in [-0.15, -0.1) is 0 Å². The number of hydrogen-bond donors (Lipinski definition) is 0. The zero-order valence-corrected chi connectivity index (χ0v) is 16.1. The summed E-state index contributed by atoms with van der Waals surface area (Å²) in [5.41, 5.74) is 0. The molecule has 0 aliphatic rings. The van der Waals surface area contributed by atoms with Crippen LogP contribution in [0.1, 0.15) is 0 Å². The summed E-state index contributed by atoms with van der Waals surface area (Å²) in [5.74, 6) is 0. The molecule has 0 saturated heterocycles. The van der Waals surface area contributed by atoms with Crippen LogP contribution in [0, 0.1) is 0 Å². The summed E-state index contributed by atoms with van der Waals surface area (Å²) in [4.78, 5) is 0. The van der Waals surface area contributed by atoms with Crippen molar-refractivity contribution in [3.05, 3.63) is 0 Å².